The quantitative estimate of drug-likeness (QED) is 0.756. The summed E-state index contributed by atoms with van der Waals surface area (Å²) in [6, 6.07) is 4.24. The Kier molecular flexibility index (Phi) is 2.15. The Morgan fingerprint density at radius 2 is 2.00 bits per heavy atom. The number of hydrogen-bond acceptors (Lipinski definition) is 2. The number of H-pyrrole nitrogens is 1. The third-order valence-corrected chi connectivity index (χ3v) is 2.06. The van der Waals surface area contributed by atoms with E-state index in [1.54, 1.807) is 13.0 Å². The van der Waals surface area contributed by atoms with Gasteiger partial charge in [-0.3, -0.25) is 5.10 Å². The maximum Gasteiger partial charge on any atom is 0.192 e. The number of rotatable bonds is 1. The number of nitrogens with zero attached hydrogens (tertiary/aromatic N) is 1. The smallest absolute Gasteiger partial charge is 0.192 e. The van der Waals surface area contributed by atoms with Crippen molar-refractivity contribution in [2.45, 2.75) is 6.92 Å². The molecule has 0 saturated heterocycles. The highest BCUT2D eigenvalue weighted by molar-refractivity contribution is 5.63. The van der Waals surface area contributed by atoms with E-state index >= 15 is 0 Å². The number of benzene rings is 1. The Bertz CT molecular complexity index is 485. The lowest BCUT2D eigenvalue weighted by atomic mass is 10.1. The highest BCUT2D eigenvalue weighted by Crippen LogP contribution is 2.24. The predicted octanol–water partition coefficient (Wildman–Crippen LogP) is 2.25. The van der Waals surface area contributed by atoms with Crippen molar-refractivity contribution in [3.05, 3.63) is 35.4 Å². The number of nitrogens with one attached hydrogen (secondary N) is 1. The van der Waals surface area contributed by atoms with Gasteiger partial charge in [-0.15, -0.1) is 0 Å². The van der Waals surface area contributed by atoms with E-state index in [1.165, 1.54) is 12.1 Å². The molecule has 1 aromatic heterocycles. The van der Waals surface area contributed by atoms with Gasteiger partial charge >= 0.3 is 0 Å². The van der Waals surface area contributed by atoms with E-state index in [2.05, 4.69) is 10.2 Å². The van der Waals surface area contributed by atoms with Crippen molar-refractivity contribution >= 4 is 5.82 Å². The molecule has 0 unspecified atom stereocenters. The summed E-state index contributed by atoms with van der Waals surface area (Å²) in [6.45, 7) is 1.73. The van der Waals surface area contributed by atoms with Gasteiger partial charge < -0.3 is 5.73 Å². The molecule has 2 aromatic rings. The first kappa shape index (κ1) is 9.64. The van der Waals surface area contributed by atoms with E-state index < -0.39 is 11.6 Å². The maximum atomic E-state index is 13.4. The van der Waals surface area contributed by atoms with Gasteiger partial charge in [-0.1, -0.05) is 0 Å². The Morgan fingerprint density at radius 3 is 2.53 bits per heavy atom. The van der Waals surface area contributed by atoms with Crippen molar-refractivity contribution in [3.8, 4) is 11.3 Å². The summed E-state index contributed by atoms with van der Waals surface area (Å²) in [5, 5.41) is 5.93. The molecule has 78 valence electrons. The molecular weight excluding hydrogens is 200 g/mol. The number of halogens is 2. The molecule has 3 nitrogen and oxygen atoms in total. The van der Waals surface area contributed by atoms with Crippen LogP contribution in [0, 0.1) is 18.6 Å². The molecule has 0 radical (unpaired) electrons. The zero-order valence-corrected chi connectivity index (χ0v) is 8.01. The van der Waals surface area contributed by atoms with Crippen LogP contribution in [0.4, 0.5) is 14.6 Å². The highest BCUT2D eigenvalue weighted by atomic mass is 19.1. The molecule has 0 aliphatic heterocycles. The van der Waals surface area contributed by atoms with E-state index in [4.69, 9.17) is 5.73 Å². The van der Waals surface area contributed by atoms with Gasteiger partial charge in [0.1, 0.15) is 11.5 Å². The van der Waals surface area contributed by atoms with Gasteiger partial charge in [-0.05, 0) is 30.7 Å². The van der Waals surface area contributed by atoms with Crippen LogP contribution in [0.1, 0.15) is 5.56 Å². The van der Waals surface area contributed by atoms with Crippen LogP contribution in [0.15, 0.2) is 18.2 Å². The van der Waals surface area contributed by atoms with Gasteiger partial charge in [0.2, 0.25) is 0 Å². The van der Waals surface area contributed by atoms with Crippen molar-refractivity contribution in [1.82, 2.24) is 10.2 Å². The van der Waals surface area contributed by atoms with Crippen molar-refractivity contribution < 1.29 is 8.78 Å². The van der Waals surface area contributed by atoms with Crippen molar-refractivity contribution in [2.24, 2.45) is 0 Å². The average molecular weight is 209 g/mol. The van der Waals surface area contributed by atoms with Crippen LogP contribution in [0.3, 0.4) is 0 Å². The molecule has 1 heterocycles. The van der Waals surface area contributed by atoms with Gasteiger partial charge in [0.05, 0.1) is 0 Å². The fourth-order valence-corrected chi connectivity index (χ4v) is 1.41. The van der Waals surface area contributed by atoms with Crippen LogP contribution < -0.4 is 5.73 Å². The van der Waals surface area contributed by atoms with Gasteiger partial charge in [-0.25, -0.2) is 8.78 Å². The SMILES string of the molecule is Cc1cc(F)cc(-c2[nH]nc(N)c2F)c1. The van der Waals surface area contributed by atoms with Crippen LogP contribution >= 0.6 is 0 Å². The second-order valence-electron chi connectivity index (χ2n) is 3.32. The Morgan fingerprint density at radius 1 is 1.27 bits per heavy atom. The molecule has 0 atom stereocenters. The molecule has 0 saturated carbocycles. The fraction of sp³-hybridized carbons (Fsp3) is 0.100. The maximum absolute atomic E-state index is 13.4. The summed E-state index contributed by atoms with van der Waals surface area (Å²) >= 11 is 0. The predicted molar refractivity (Wildman–Crippen MR) is 53.1 cm³/mol. The lowest BCUT2D eigenvalue weighted by Crippen LogP contribution is -1.88. The Balaban J connectivity index is 2.58. The number of aryl methyl sites for hydroxylation is 1. The number of nitrogens with two attached hydrogens (primary N) is 1. The molecule has 5 heteroatoms. The summed E-state index contributed by atoms with van der Waals surface area (Å²) < 4.78 is 26.4. The summed E-state index contributed by atoms with van der Waals surface area (Å²) in [4.78, 5) is 0. The number of aromatic amines is 1. The van der Waals surface area contributed by atoms with Gasteiger partial charge in [0.25, 0.3) is 0 Å². The Labute approximate surface area is 84.9 Å². The van der Waals surface area contributed by atoms with Crippen LogP contribution in [0.5, 0.6) is 0 Å². The first-order valence-electron chi connectivity index (χ1n) is 4.35. The molecule has 3 N–H and O–H groups in total. The largest absolute Gasteiger partial charge is 0.380 e. The lowest BCUT2D eigenvalue weighted by molar-refractivity contribution is 0.625. The number of aromatic nitrogens is 2. The van der Waals surface area contributed by atoms with E-state index in [9.17, 15) is 8.78 Å². The number of hydrogen-bond donors (Lipinski definition) is 2. The normalized spacial score (nSPS) is 10.6. The lowest BCUT2D eigenvalue weighted by Gasteiger charge is -2.00. The first-order chi connectivity index (χ1) is 7.08. The third kappa shape index (κ3) is 1.68. The van der Waals surface area contributed by atoms with E-state index in [1.807, 2.05) is 0 Å². The van der Waals surface area contributed by atoms with Gasteiger partial charge in [0.15, 0.2) is 11.6 Å². The van der Waals surface area contributed by atoms with E-state index in [0.717, 1.165) is 0 Å². The van der Waals surface area contributed by atoms with E-state index in [0.29, 0.717) is 11.1 Å². The van der Waals surface area contributed by atoms with Crippen molar-refractivity contribution in [2.75, 3.05) is 5.73 Å². The summed E-state index contributed by atoms with van der Waals surface area (Å²) in [7, 11) is 0. The minimum Gasteiger partial charge on any atom is -0.380 e. The third-order valence-electron chi connectivity index (χ3n) is 2.06. The minimum atomic E-state index is -0.653. The van der Waals surface area contributed by atoms with Crippen LogP contribution in [0.2, 0.25) is 0 Å². The molecule has 0 fully saturated rings. The number of anilines is 1. The minimum absolute atomic E-state index is 0.107. The molecule has 2 rings (SSSR count). The molecular formula is C10H9F2N3. The van der Waals surface area contributed by atoms with Gasteiger partial charge in [-0.2, -0.15) is 5.10 Å². The van der Waals surface area contributed by atoms with Crippen LogP contribution in [0.25, 0.3) is 11.3 Å². The van der Waals surface area contributed by atoms with Crippen LogP contribution in [-0.4, -0.2) is 10.2 Å². The molecule has 15 heavy (non-hydrogen) atoms. The molecule has 0 aliphatic carbocycles. The summed E-state index contributed by atoms with van der Waals surface area (Å²) in [5.74, 6) is -1.29. The Hall–Kier alpha value is -1.91. The van der Waals surface area contributed by atoms with Gasteiger partial charge in [0, 0.05) is 5.56 Å². The topological polar surface area (TPSA) is 54.7 Å². The standard InChI is InChI=1S/C10H9F2N3/c1-5-2-6(4-7(11)3-5)9-8(12)10(13)15-14-9/h2-4H,1H3,(H3,13,14,15). The second kappa shape index (κ2) is 3.34. The first-order valence-corrected chi connectivity index (χ1v) is 4.35. The second-order valence-corrected chi connectivity index (χ2v) is 3.32. The average Bonchev–Trinajstić information content (AvgIpc) is 2.46. The number of nitrogen functional groups attached to an aromatic ring is 1. The monoisotopic (exact) mass is 209 g/mol. The van der Waals surface area contributed by atoms with Crippen molar-refractivity contribution in [1.29, 1.82) is 0 Å². The molecule has 0 amide bonds. The summed E-state index contributed by atoms with van der Waals surface area (Å²) in [5.41, 5.74) is 6.45. The molecule has 1 aromatic carbocycles. The molecule has 0 bridgehead atoms. The van der Waals surface area contributed by atoms with Crippen molar-refractivity contribution in [3.63, 3.8) is 0 Å². The molecule has 0 aliphatic rings. The van der Waals surface area contributed by atoms with E-state index in [-0.39, 0.29) is 11.5 Å². The molecule has 0 spiro atoms. The fourth-order valence-electron chi connectivity index (χ4n) is 1.41. The highest BCUT2D eigenvalue weighted by Gasteiger charge is 2.12. The van der Waals surface area contributed by atoms with Crippen LogP contribution in [-0.2, 0) is 0 Å². The zero-order valence-electron chi connectivity index (χ0n) is 8.01. The zero-order chi connectivity index (χ0) is 11.0. The summed E-state index contributed by atoms with van der Waals surface area (Å²) in [6.07, 6.45) is 0.